The predicted octanol–water partition coefficient (Wildman–Crippen LogP) is 3.46. The van der Waals surface area contributed by atoms with Crippen molar-refractivity contribution in [3.8, 4) is 5.69 Å². The first kappa shape index (κ1) is 16.3. The minimum Gasteiger partial charge on any atom is -0.287 e. The summed E-state index contributed by atoms with van der Waals surface area (Å²) < 4.78 is 1.81. The Balaban J connectivity index is 1.85. The molecule has 124 valence electrons. The number of rotatable bonds is 5. The number of benzene rings is 2. The van der Waals surface area contributed by atoms with Crippen LogP contribution < -0.4 is 0 Å². The molecule has 0 unspecified atom stereocenters. The second-order valence-electron chi connectivity index (χ2n) is 6.85. The van der Waals surface area contributed by atoms with Crippen molar-refractivity contribution in [2.45, 2.75) is 39.4 Å². The predicted molar refractivity (Wildman–Crippen MR) is 94.6 cm³/mol. The number of nitrogens with zero attached hydrogens (tertiary/aromatic N) is 5. The van der Waals surface area contributed by atoms with E-state index < -0.39 is 0 Å². The molecule has 0 bridgehead atoms. The van der Waals surface area contributed by atoms with Gasteiger partial charge in [-0.3, -0.25) is 4.90 Å². The van der Waals surface area contributed by atoms with Crippen LogP contribution in [-0.2, 0) is 13.1 Å². The fraction of sp³-hybridized carbons (Fsp3) is 0.316. The lowest BCUT2D eigenvalue weighted by atomic mass is 10.0. The van der Waals surface area contributed by atoms with Crippen LogP contribution in [0.1, 0.15) is 32.2 Å². The zero-order chi connectivity index (χ0) is 17.0. The van der Waals surface area contributed by atoms with Crippen LogP contribution >= 0.6 is 0 Å². The molecule has 5 heteroatoms. The summed E-state index contributed by atoms with van der Waals surface area (Å²) in [5.74, 6) is 0.840. The average molecular weight is 321 g/mol. The largest absolute Gasteiger partial charge is 0.287 e. The Morgan fingerprint density at radius 1 is 0.875 bits per heavy atom. The Morgan fingerprint density at radius 3 is 2.12 bits per heavy atom. The fourth-order valence-electron chi connectivity index (χ4n) is 2.58. The van der Waals surface area contributed by atoms with Gasteiger partial charge in [0, 0.05) is 12.1 Å². The Labute approximate surface area is 142 Å². The van der Waals surface area contributed by atoms with Gasteiger partial charge in [0.05, 0.1) is 12.2 Å². The van der Waals surface area contributed by atoms with Gasteiger partial charge in [-0.15, -0.1) is 5.10 Å². The van der Waals surface area contributed by atoms with E-state index in [2.05, 4.69) is 65.5 Å². The first-order valence-corrected chi connectivity index (χ1v) is 8.16. The van der Waals surface area contributed by atoms with Crippen molar-refractivity contribution in [3.63, 3.8) is 0 Å². The number of para-hydroxylation sites is 1. The second kappa shape index (κ2) is 6.93. The topological polar surface area (TPSA) is 46.8 Å². The Bertz CT molecular complexity index is 759. The van der Waals surface area contributed by atoms with Crippen LogP contribution in [0.4, 0.5) is 0 Å². The summed E-state index contributed by atoms with van der Waals surface area (Å²) in [4.78, 5) is 2.38. The lowest BCUT2D eigenvalue weighted by molar-refractivity contribution is 0.114. The molecule has 0 spiro atoms. The molecule has 0 fully saturated rings. The van der Waals surface area contributed by atoms with Crippen molar-refractivity contribution in [2.75, 3.05) is 0 Å². The molecule has 0 aliphatic rings. The zero-order valence-corrected chi connectivity index (χ0v) is 14.4. The van der Waals surface area contributed by atoms with Crippen molar-refractivity contribution in [2.24, 2.45) is 0 Å². The Hall–Kier alpha value is -2.53. The molecule has 0 radical (unpaired) electrons. The van der Waals surface area contributed by atoms with Crippen LogP contribution in [-0.4, -0.2) is 30.6 Å². The maximum atomic E-state index is 4.25. The van der Waals surface area contributed by atoms with Gasteiger partial charge >= 0.3 is 0 Å². The third-order valence-electron chi connectivity index (χ3n) is 4.03. The summed E-state index contributed by atoms with van der Waals surface area (Å²) in [6, 6.07) is 20.5. The van der Waals surface area contributed by atoms with Crippen molar-refractivity contribution in [1.82, 2.24) is 25.1 Å². The molecule has 3 rings (SSSR count). The third-order valence-corrected chi connectivity index (χ3v) is 4.03. The average Bonchev–Trinajstić information content (AvgIpc) is 3.03. The molecule has 1 heterocycles. The molecule has 24 heavy (non-hydrogen) atoms. The highest BCUT2D eigenvalue weighted by Crippen LogP contribution is 2.20. The van der Waals surface area contributed by atoms with Crippen LogP contribution in [0.15, 0.2) is 60.7 Å². The van der Waals surface area contributed by atoms with E-state index in [9.17, 15) is 0 Å². The number of aromatic nitrogens is 4. The monoisotopic (exact) mass is 321 g/mol. The molecule has 5 nitrogen and oxygen atoms in total. The molecule has 0 aliphatic heterocycles. The highest BCUT2D eigenvalue weighted by molar-refractivity contribution is 5.30. The third kappa shape index (κ3) is 3.86. The molecule has 0 atom stereocenters. The summed E-state index contributed by atoms with van der Waals surface area (Å²) in [7, 11) is 0. The quantitative estimate of drug-likeness (QED) is 0.722. The van der Waals surface area contributed by atoms with E-state index in [-0.39, 0.29) is 5.54 Å². The smallest absolute Gasteiger partial charge is 0.170 e. The molecular formula is C19H23N5. The Morgan fingerprint density at radius 2 is 1.50 bits per heavy atom. The van der Waals surface area contributed by atoms with Crippen LogP contribution in [0, 0.1) is 0 Å². The minimum absolute atomic E-state index is 0.00328. The summed E-state index contributed by atoms with van der Waals surface area (Å²) in [5.41, 5.74) is 2.26. The lowest BCUT2D eigenvalue weighted by Crippen LogP contribution is -2.40. The summed E-state index contributed by atoms with van der Waals surface area (Å²) in [6.45, 7) is 8.18. The normalized spacial score (nSPS) is 11.8. The fourth-order valence-corrected chi connectivity index (χ4v) is 2.58. The summed E-state index contributed by atoms with van der Waals surface area (Å²) in [5, 5.41) is 12.3. The molecule has 0 aliphatic carbocycles. The van der Waals surface area contributed by atoms with E-state index in [1.807, 2.05) is 41.1 Å². The van der Waals surface area contributed by atoms with Crippen molar-refractivity contribution >= 4 is 0 Å². The van der Waals surface area contributed by atoms with Crippen LogP contribution in [0.25, 0.3) is 5.69 Å². The van der Waals surface area contributed by atoms with Gasteiger partial charge in [-0.05, 0) is 48.9 Å². The van der Waals surface area contributed by atoms with Gasteiger partial charge in [0.25, 0.3) is 0 Å². The van der Waals surface area contributed by atoms with Gasteiger partial charge in [0.2, 0.25) is 0 Å². The molecule has 0 saturated carbocycles. The van der Waals surface area contributed by atoms with Crippen LogP contribution in [0.2, 0.25) is 0 Å². The van der Waals surface area contributed by atoms with Gasteiger partial charge in [0.1, 0.15) is 0 Å². The number of tetrazole rings is 1. The lowest BCUT2D eigenvalue weighted by Gasteiger charge is -2.35. The number of hydrogen-bond donors (Lipinski definition) is 0. The van der Waals surface area contributed by atoms with Gasteiger partial charge in [-0.25, -0.2) is 0 Å². The first-order valence-electron chi connectivity index (χ1n) is 8.16. The molecule has 0 amide bonds. The van der Waals surface area contributed by atoms with E-state index in [1.54, 1.807) is 0 Å². The molecule has 1 aromatic heterocycles. The van der Waals surface area contributed by atoms with Crippen LogP contribution in [0.5, 0.6) is 0 Å². The number of hydrogen-bond acceptors (Lipinski definition) is 4. The van der Waals surface area contributed by atoms with Gasteiger partial charge in [-0.2, -0.15) is 4.68 Å². The maximum absolute atomic E-state index is 4.25. The van der Waals surface area contributed by atoms with E-state index >= 15 is 0 Å². The van der Waals surface area contributed by atoms with Crippen molar-refractivity contribution in [3.05, 3.63) is 72.1 Å². The van der Waals surface area contributed by atoms with Gasteiger partial charge in [0.15, 0.2) is 5.82 Å². The van der Waals surface area contributed by atoms with Crippen molar-refractivity contribution < 1.29 is 0 Å². The standard InChI is InChI=1S/C19H23N5/c1-19(2,3)23(14-16-10-6-4-7-11-16)15-18-20-21-22-24(18)17-12-8-5-9-13-17/h4-13H,14-15H2,1-3H3. The van der Waals surface area contributed by atoms with Crippen molar-refractivity contribution in [1.29, 1.82) is 0 Å². The molecule has 3 aromatic rings. The highest BCUT2D eigenvalue weighted by atomic mass is 15.5. The van der Waals surface area contributed by atoms with E-state index in [4.69, 9.17) is 0 Å². The second-order valence-corrected chi connectivity index (χ2v) is 6.85. The minimum atomic E-state index is 0.00328. The highest BCUT2D eigenvalue weighted by Gasteiger charge is 2.24. The summed E-state index contributed by atoms with van der Waals surface area (Å²) in [6.07, 6.45) is 0. The SMILES string of the molecule is CC(C)(C)N(Cc1ccccc1)Cc1nnnn1-c1ccccc1. The van der Waals surface area contributed by atoms with Gasteiger partial charge < -0.3 is 0 Å². The molecule has 0 N–H and O–H groups in total. The van der Waals surface area contributed by atoms with E-state index in [1.165, 1.54) is 5.56 Å². The molecular weight excluding hydrogens is 298 g/mol. The molecule has 0 saturated heterocycles. The van der Waals surface area contributed by atoms with E-state index in [0.717, 1.165) is 18.1 Å². The first-order chi connectivity index (χ1) is 11.5. The van der Waals surface area contributed by atoms with E-state index in [0.29, 0.717) is 6.54 Å². The zero-order valence-electron chi connectivity index (χ0n) is 14.4. The maximum Gasteiger partial charge on any atom is 0.170 e. The Kier molecular flexibility index (Phi) is 4.71. The van der Waals surface area contributed by atoms with Crippen LogP contribution in [0.3, 0.4) is 0 Å². The summed E-state index contributed by atoms with van der Waals surface area (Å²) >= 11 is 0. The van der Waals surface area contributed by atoms with Gasteiger partial charge in [-0.1, -0.05) is 48.5 Å². The molecule has 2 aromatic carbocycles.